The molecule has 3 aliphatic heterocycles. The number of esters is 1. The van der Waals surface area contributed by atoms with Gasteiger partial charge in [0.05, 0.1) is 35.3 Å². The third-order valence-electron chi connectivity index (χ3n) is 6.00. The number of pyridine rings is 1. The quantitative estimate of drug-likeness (QED) is 0.787. The summed E-state index contributed by atoms with van der Waals surface area (Å²) in [5.74, 6) is -0.477. The van der Waals surface area contributed by atoms with E-state index in [0.717, 1.165) is 27.9 Å². The van der Waals surface area contributed by atoms with Crippen molar-refractivity contribution < 1.29 is 19.4 Å². The molecular weight excluding hydrogens is 344 g/mol. The highest BCUT2D eigenvalue weighted by Gasteiger charge is 2.45. The molecule has 0 bridgehead atoms. The lowest BCUT2D eigenvalue weighted by Crippen LogP contribution is -2.40. The number of cyclic esters (lactones) is 1. The molecule has 0 saturated carbocycles. The fourth-order valence-corrected chi connectivity index (χ4v) is 4.48. The second kappa shape index (κ2) is 5.81. The monoisotopic (exact) mass is 364 g/mol. The Morgan fingerprint density at radius 2 is 2.15 bits per heavy atom. The van der Waals surface area contributed by atoms with E-state index in [9.17, 15) is 14.7 Å². The number of carbonyl (C=O) groups is 2. The summed E-state index contributed by atoms with van der Waals surface area (Å²) >= 11 is 0. The molecule has 1 aromatic heterocycles. The van der Waals surface area contributed by atoms with Gasteiger partial charge in [-0.2, -0.15) is 0 Å². The normalized spacial score (nSPS) is 26.8. The number of amides is 1. The summed E-state index contributed by atoms with van der Waals surface area (Å²) in [6, 6.07) is 7.08. The molecule has 1 fully saturated rings. The number of phenols is 1. The lowest BCUT2D eigenvalue weighted by Gasteiger charge is -2.32. The van der Waals surface area contributed by atoms with Crippen LogP contribution in [0.3, 0.4) is 0 Å². The largest absolute Gasteiger partial charge is 0.508 e. The minimum Gasteiger partial charge on any atom is -0.508 e. The number of phenolic OH excluding ortho intramolecular Hbond substituents is 1. The molecule has 138 valence electrons. The van der Waals surface area contributed by atoms with Gasteiger partial charge in [-0.25, -0.2) is 4.98 Å². The molecule has 6 nitrogen and oxygen atoms in total. The van der Waals surface area contributed by atoms with Crippen molar-refractivity contribution in [3.63, 3.8) is 0 Å². The van der Waals surface area contributed by atoms with Gasteiger partial charge in [-0.15, -0.1) is 0 Å². The lowest BCUT2D eigenvalue weighted by atomic mass is 9.81. The second-order valence-electron chi connectivity index (χ2n) is 7.59. The Kier molecular flexibility index (Phi) is 3.50. The van der Waals surface area contributed by atoms with Gasteiger partial charge >= 0.3 is 5.97 Å². The van der Waals surface area contributed by atoms with Gasteiger partial charge in [0.1, 0.15) is 12.4 Å². The molecule has 1 N–H and O–H groups in total. The number of benzene rings is 1. The van der Waals surface area contributed by atoms with E-state index in [0.29, 0.717) is 19.4 Å². The summed E-state index contributed by atoms with van der Waals surface area (Å²) in [4.78, 5) is 31.8. The fraction of sp³-hybridized carbons (Fsp3) is 0.381. The van der Waals surface area contributed by atoms with Crippen molar-refractivity contribution in [2.75, 3.05) is 6.61 Å². The third-order valence-corrected chi connectivity index (χ3v) is 6.00. The summed E-state index contributed by atoms with van der Waals surface area (Å²) in [6.45, 7) is 2.59. The molecule has 6 heteroatoms. The van der Waals surface area contributed by atoms with Crippen LogP contribution in [-0.4, -0.2) is 33.5 Å². The topological polar surface area (TPSA) is 79.7 Å². The Morgan fingerprint density at radius 3 is 2.96 bits per heavy atom. The molecule has 27 heavy (non-hydrogen) atoms. The molecular formula is C21H20N2O4. The minimum absolute atomic E-state index is 0.00644. The van der Waals surface area contributed by atoms with Crippen LogP contribution >= 0.6 is 0 Å². The molecule has 3 aliphatic rings. The summed E-state index contributed by atoms with van der Waals surface area (Å²) in [7, 11) is 0. The first-order valence-electron chi connectivity index (χ1n) is 9.38. The average Bonchev–Trinajstić information content (AvgIpc) is 2.91. The van der Waals surface area contributed by atoms with E-state index in [1.54, 1.807) is 23.1 Å². The van der Waals surface area contributed by atoms with Gasteiger partial charge in [-0.05, 0) is 43.0 Å². The fourth-order valence-electron chi connectivity index (χ4n) is 4.48. The van der Waals surface area contributed by atoms with E-state index in [1.807, 2.05) is 13.0 Å². The molecule has 3 unspecified atom stereocenters. The number of aromatic nitrogens is 1. The summed E-state index contributed by atoms with van der Waals surface area (Å²) < 4.78 is 5.39. The Hall–Kier alpha value is -2.89. The highest BCUT2D eigenvalue weighted by atomic mass is 16.5. The van der Waals surface area contributed by atoms with Crippen LogP contribution in [0.2, 0.25) is 0 Å². The molecule has 0 aliphatic carbocycles. The average molecular weight is 364 g/mol. The Bertz CT molecular complexity index is 1010. The molecule has 0 spiro atoms. The van der Waals surface area contributed by atoms with Crippen LogP contribution in [0.5, 0.6) is 5.75 Å². The molecule has 3 atom stereocenters. The van der Waals surface area contributed by atoms with Crippen LogP contribution in [0, 0.1) is 17.8 Å². The van der Waals surface area contributed by atoms with Gasteiger partial charge in [0.2, 0.25) is 5.91 Å². The number of nitrogens with zero attached hydrogens (tertiary/aromatic N) is 2. The van der Waals surface area contributed by atoms with Crippen molar-refractivity contribution in [3.05, 3.63) is 41.6 Å². The molecule has 2 aromatic rings. The van der Waals surface area contributed by atoms with Crippen LogP contribution in [0.4, 0.5) is 0 Å². The Morgan fingerprint density at radius 1 is 1.30 bits per heavy atom. The highest BCUT2D eigenvalue weighted by Crippen LogP contribution is 2.43. The van der Waals surface area contributed by atoms with Crippen LogP contribution in [0.1, 0.15) is 31.0 Å². The molecule has 1 saturated heterocycles. The van der Waals surface area contributed by atoms with Gasteiger partial charge in [0.15, 0.2) is 0 Å². The number of allylic oxidation sites excluding steroid dienone is 1. The van der Waals surface area contributed by atoms with Crippen LogP contribution < -0.4 is 0 Å². The third kappa shape index (κ3) is 2.43. The second-order valence-corrected chi connectivity index (χ2v) is 7.59. The van der Waals surface area contributed by atoms with E-state index in [4.69, 9.17) is 9.72 Å². The Balaban J connectivity index is 1.60. The summed E-state index contributed by atoms with van der Waals surface area (Å²) in [6.07, 6.45) is 3.47. The molecule has 0 radical (unpaired) electrons. The zero-order chi connectivity index (χ0) is 18.7. The zero-order valence-corrected chi connectivity index (χ0v) is 15.0. The standard InChI is InChI=1S/C21H20N2O4/c1-2-11-5-12-8-18-19-14(6-13-7-15(24)3-4-17(13)22-19)9-23(18)20(25)16(12)10-27-21(11)26/h3-4,6-8,11-12,16,24H,2,5,9-10H2,1H3. The van der Waals surface area contributed by atoms with Gasteiger partial charge < -0.3 is 14.7 Å². The molecule has 5 rings (SSSR count). The molecule has 1 amide bonds. The summed E-state index contributed by atoms with van der Waals surface area (Å²) in [5.41, 5.74) is 3.43. The van der Waals surface area contributed by atoms with Crippen molar-refractivity contribution in [1.82, 2.24) is 9.88 Å². The maximum Gasteiger partial charge on any atom is 0.308 e. The maximum absolute atomic E-state index is 13.1. The number of carbonyl (C=O) groups excluding carboxylic acids is 2. The highest BCUT2D eigenvalue weighted by molar-refractivity contribution is 5.95. The number of fused-ring (bicyclic) bond motifs is 5. The number of rotatable bonds is 1. The lowest BCUT2D eigenvalue weighted by molar-refractivity contribution is -0.149. The number of hydrogen-bond acceptors (Lipinski definition) is 5. The van der Waals surface area contributed by atoms with Gasteiger partial charge in [-0.3, -0.25) is 9.59 Å². The smallest absolute Gasteiger partial charge is 0.308 e. The van der Waals surface area contributed by atoms with E-state index in [1.165, 1.54) is 0 Å². The van der Waals surface area contributed by atoms with Crippen molar-refractivity contribution in [1.29, 1.82) is 0 Å². The van der Waals surface area contributed by atoms with E-state index in [2.05, 4.69) is 6.08 Å². The van der Waals surface area contributed by atoms with Gasteiger partial charge in [0.25, 0.3) is 0 Å². The zero-order valence-electron chi connectivity index (χ0n) is 15.0. The predicted octanol–water partition coefficient (Wildman–Crippen LogP) is 2.84. The summed E-state index contributed by atoms with van der Waals surface area (Å²) in [5, 5.41) is 10.6. The minimum atomic E-state index is -0.318. The van der Waals surface area contributed by atoms with Crippen molar-refractivity contribution >= 4 is 28.5 Å². The predicted molar refractivity (Wildman–Crippen MR) is 98.3 cm³/mol. The number of ether oxygens (including phenoxy) is 1. The SMILES string of the molecule is CCC1CC2C=C3c4nc5ccc(O)cc5cc4CN3C(=O)C2COC1=O. The van der Waals surface area contributed by atoms with Crippen LogP contribution in [-0.2, 0) is 20.9 Å². The Labute approximate surface area is 156 Å². The van der Waals surface area contributed by atoms with Gasteiger partial charge in [0, 0.05) is 10.9 Å². The van der Waals surface area contributed by atoms with Gasteiger partial charge in [-0.1, -0.05) is 13.0 Å². The first-order valence-corrected chi connectivity index (χ1v) is 9.38. The van der Waals surface area contributed by atoms with Crippen molar-refractivity contribution in [3.8, 4) is 5.75 Å². The van der Waals surface area contributed by atoms with E-state index < -0.39 is 0 Å². The van der Waals surface area contributed by atoms with Crippen molar-refractivity contribution in [2.45, 2.75) is 26.3 Å². The number of aromatic hydroxyl groups is 1. The maximum atomic E-state index is 13.1. The first kappa shape index (κ1) is 16.3. The van der Waals surface area contributed by atoms with E-state index in [-0.39, 0.29) is 42.0 Å². The van der Waals surface area contributed by atoms with E-state index >= 15 is 0 Å². The van der Waals surface area contributed by atoms with Crippen molar-refractivity contribution in [2.24, 2.45) is 17.8 Å². The molecule has 1 aromatic carbocycles. The first-order chi connectivity index (χ1) is 13.0. The number of hydrogen-bond donors (Lipinski definition) is 1. The van der Waals surface area contributed by atoms with Crippen LogP contribution in [0.25, 0.3) is 16.6 Å². The van der Waals surface area contributed by atoms with Crippen LogP contribution in [0.15, 0.2) is 30.3 Å². The molecule has 4 heterocycles.